The van der Waals surface area contributed by atoms with Crippen LogP contribution in [0.3, 0.4) is 0 Å². The molecule has 0 aromatic heterocycles. The molecule has 1 aliphatic heterocycles. The van der Waals surface area contributed by atoms with Crippen LogP contribution in [0.2, 0.25) is 0 Å². The number of nitrogens with one attached hydrogen (secondary N) is 3. The number of amides is 2. The summed E-state index contributed by atoms with van der Waals surface area (Å²) in [5.41, 5.74) is 23.5. The minimum atomic E-state index is -3.91. The molecule has 2 aromatic rings. The van der Waals surface area contributed by atoms with Crippen molar-refractivity contribution in [1.29, 1.82) is 5.41 Å². The van der Waals surface area contributed by atoms with Crippen molar-refractivity contribution in [3.63, 3.8) is 0 Å². The van der Waals surface area contributed by atoms with Gasteiger partial charge in [0.15, 0.2) is 5.96 Å². The van der Waals surface area contributed by atoms with Crippen LogP contribution < -0.4 is 33.0 Å². The van der Waals surface area contributed by atoms with Gasteiger partial charge in [-0.1, -0.05) is 29.8 Å². The van der Waals surface area contributed by atoms with Crippen molar-refractivity contribution in [2.75, 3.05) is 38.0 Å². The van der Waals surface area contributed by atoms with Gasteiger partial charge in [-0.3, -0.25) is 20.0 Å². The minimum absolute atomic E-state index is 0.0377. The van der Waals surface area contributed by atoms with Gasteiger partial charge in [-0.25, -0.2) is 13.1 Å². The second-order valence-electron chi connectivity index (χ2n) is 9.64. The first kappa shape index (κ1) is 33.2. The topological polar surface area (TPSA) is 236 Å². The Kier molecular flexibility index (Phi) is 13.2. The molecule has 0 atom stereocenters. The van der Waals surface area contributed by atoms with Gasteiger partial charge in [-0.15, -0.1) is 0 Å². The number of aryl methyl sites for hydroxylation is 1. The van der Waals surface area contributed by atoms with Crippen molar-refractivity contribution in [3.05, 3.63) is 59.7 Å². The summed E-state index contributed by atoms with van der Waals surface area (Å²) in [6, 6.07) is 13.4. The zero-order chi connectivity index (χ0) is 30.4. The fourth-order valence-corrected chi connectivity index (χ4v) is 5.13. The Balaban J connectivity index is 0.000000493. The summed E-state index contributed by atoms with van der Waals surface area (Å²) in [5, 5.41) is 9.70. The van der Waals surface area contributed by atoms with E-state index in [0.717, 1.165) is 30.4 Å². The van der Waals surface area contributed by atoms with Gasteiger partial charge in [0.25, 0.3) is 0 Å². The summed E-state index contributed by atoms with van der Waals surface area (Å²) < 4.78 is 27.5. The van der Waals surface area contributed by atoms with Gasteiger partial charge in [0.1, 0.15) is 5.84 Å². The van der Waals surface area contributed by atoms with Crippen molar-refractivity contribution in [3.8, 4) is 0 Å². The van der Waals surface area contributed by atoms with Crippen LogP contribution in [0.5, 0.6) is 0 Å². The van der Waals surface area contributed by atoms with Crippen LogP contribution in [0, 0.1) is 18.3 Å². The largest absolute Gasteiger partial charge is 0.384 e. The number of rotatable bonds is 11. The molecule has 2 aromatic carbocycles. The molecule has 14 heteroatoms. The smallest absolute Gasteiger partial charge is 0.241 e. The summed E-state index contributed by atoms with van der Waals surface area (Å²) in [6.07, 6.45) is 2.63. The first-order chi connectivity index (χ1) is 19.4. The average molecular weight is 588 g/mol. The molecule has 0 saturated carbocycles. The van der Waals surface area contributed by atoms with Gasteiger partial charge >= 0.3 is 0 Å². The number of nitrogens with two attached hydrogens (primary N) is 4. The molecule has 41 heavy (non-hydrogen) atoms. The molecule has 0 aliphatic carbocycles. The molecule has 0 radical (unpaired) electrons. The third-order valence-electron chi connectivity index (χ3n) is 6.34. The molecular weight excluding hydrogens is 546 g/mol. The quantitative estimate of drug-likeness (QED) is 0.143. The van der Waals surface area contributed by atoms with Gasteiger partial charge in [0.2, 0.25) is 21.8 Å². The summed E-state index contributed by atoms with van der Waals surface area (Å²) in [5.74, 6) is 0.0497. The van der Waals surface area contributed by atoms with Gasteiger partial charge in [-0.05, 0) is 56.4 Å². The first-order valence-electron chi connectivity index (χ1n) is 13.2. The minimum Gasteiger partial charge on any atom is -0.384 e. The van der Waals surface area contributed by atoms with Gasteiger partial charge in [0, 0.05) is 43.9 Å². The molecule has 1 fully saturated rings. The van der Waals surface area contributed by atoms with Crippen LogP contribution in [0.25, 0.3) is 0 Å². The number of hydrogen-bond acceptors (Lipinski definition) is 7. The number of aliphatic imine (C=N–C) groups is 1. The van der Waals surface area contributed by atoms with Crippen molar-refractivity contribution < 1.29 is 18.0 Å². The second kappa shape index (κ2) is 16.3. The third kappa shape index (κ3) is 11.9. The zero-order valence-electron chi connectivity index (χ0n) is 23.3. The highest BCUT2D eigenvalue weighted by atomic mass is 32.2. The maximum Gasteiger partial charge on any atom is 0.241 e. The van der Waals surface area contributed by atoms with E-state index in [1.807, 2.05) is 31.2 Å². The Bertz CT molecular complexity index is 1320. The lowest BCUT2D eigenvalue weighted by atomic mass is 9.93. The van der Waals surface area contributed by atoms with E-state index in [1.54, 1.807) is 11.0 Å². The zero-order valence-corrected chi connectivity index (χ0v) is 24.1. The molecule has 11 N–H and O–H groups in total. The average Bonchev–Trinajstić information content (AvgIpc) is 2.92. The van der Waals surface area contributed by atoms with Crippen LogP contribution in [0.1, 0.15) is 36.8 Å². The van der Waals surface area contributed by atoms with Crippen LogP contribution in [-0.4, -0.2) is 69.7 Å². The number of sulfonamides is 1. The van der Waals surface area contributed by atoms with Crippen LogP contribution in [0.4, 0.5) is 5.69 Å². The Hall–Kier alpha value is -4.01. The summed E-state index contributed by atoms with van der Waals surface area (Å²) in [6.45, 7) is 3.54. The van der Waals surface area contributed by atoms with E-state index < -0.39 is 10.0 Å². The number of likely N-dealkylation sites (tertiary alicyclic amines) is 1. The lowest BCUT2D eigenvalue weighted by Crippen LogP contribution is -2.44. The number of carbonyl (C=O) groups is 2. The number of carbonyl (C=O) groups excluding carboxylic acids is 2. The van der Waals surface area contributed by atoms with Gasteiger partial charge in [0.05, 0.1) is 11.4 Å². The molecule has 0 bridgehead atoms. The number of nitrogens with zero attached hydrogens (tertiary/aromatic N) is 2. The lowest BCUT2D eigenvalue weighted by Gasteiger charge is -2.32. The molecule has 1 saturated heterocycles. The number of amidine groups is 1. The molecule has 0 spiro atoms. The van der Waals surface area contributed by atoms with E-state index in [0.29, 0.717) is 31.2 Å². The van der Waals surface area contributed by atoms with Crippen LogP contribution in [0.15, 0.2) is 58.4 Å². The van der Waals surface area contributed by atoms with Crippen molar-refractivity contribution in [2.24, 2.45) is 33.8 Å². The molecule has 224 valence electrons. The second-order valence-corrected chi connectivity index (χ2v) is 11.4. The Morgan fingerprint density at radius 3 is 2.34 bits per heavy atom. The normalized spacial score (nSPS) is 13.5. The molecule has 3 rings (SSSR count). The van der Waals surface area contributed by atoms with E-state index in [1.165, 1.54) is 18.2 Å². The summed E-state index contributed by atoms with van der Waals surface area (Å²) in [4.78, 5) is 29.7. The third-order valence-corrected chi connectivity index (χ3v) is 7.74. The molecule has 1 heterocycles. The summed E-state index contributed by atoms with van der Waals surface area (Å²) in [7, 11) is -3.91. The predicted molar refractivity (Wildman–Crippen MR) is 161 cm³/mol. The van der Waals surface area contributed by atoms with Crippen LogP contribution >= 0.6 is 0 Å². The maximum atomic E-state index is 12.6. The van der Waals surface area contributed by atoms with E-state index in [4.69, 9.17) is 28.3 Å². The highest BCUT2D eigenvalue weighted by Gasteiger charge is 2.24. The maximum absolute atomic E-state index is 12.6. The fraction of sp³-hybridized carbons (Fsp3) is 0.407. The van der Waals surface area contributed by atoms with Gasteiger partial charge < -0.3 is 33.2 Å². The summed E-state index contributed by atoms with van der Waals surface area (Å²) >= 11 is 0. The Morgan fingerprint density at radius 2 is 1.76 bits per heavy atom. The molecular formula is C27H41N9O4S. The molecule has 13 nitrogen and oxygen atoms in total. The number of hydrogen-bond donors (Lipinski definition) is 7. The van der Waals surface area contributed by atoms with E-state index >= 15 is 0 Å². The monoisotopic (exact) mass is 587 g/mol. The number of piperidine rings is 1. The van der Waals surface area contributed by atoms with Crippen molar-refractivity contribution in [2.45, 2.75) is 37.5 Å². The van der Waals surface area contributed by atoms with Crippen LogP contribution in [-0.2, 0) is 19.6 Å². The van der Waals surface area contributed by atoms with Gasteiger partial charge in [-0.2, -0.15) is 0 Å². The fourth-order valence-electron chi connectivity index (χ4n) is 4.11. The van der Waals surface area contributed by atoms with Crippen molar-refractivity contribution in [1.82, 2.24) is 9.62 Å². The number of anilines is 1. The highest BCUT2D eigenvalue weighted by Crippen LogP contribution is 2.21. The number of nitrogen functional groups attached to an aromatic ring is 1. The Labute approximate surface area is 241 Å². The molecule has 1 aliphatic rings. The number of benzene rings is 2. The highest BCUT2D eigenvalue weighted by molar-refractivity contribution is 7.89. The van der Waals surface area contributed by atoms with E-state index in [2.05, 4.69) is 15.0 Å². The first-order valence-corrected chi connectivity index (χ1v) is 14.7. The lowest BCUT2D eigenvalue weighted by molar-refractivity contribution is -0.131. The molecule has 0 unspecified atom stereocenters. The van der Waals surface area contributed by atoms with E-state index in [9.17, 15) is 18.0 Å². The molecule has 2 amide bonds. The number of guanidine groups is 1. The Morgan fingerprint density at radius 1 is 1.07 bits per heavy atom. The van der Waals surface area contributed by atoms with Crippen molar-refractivity contribution >= 4 is 39.3 Å². The van der Waals surface area contributed by atoms with E-state index in [-0.39, 0.29) is 48.0 Å². The SMILES string of the molecule is Cc1cccc(C(=N)N)c1.NCCC(=O)Nc1cccc(S(=O)(=O)NCC(=O)N2CCC(CCN=C(N)N)CC2)c1. The standard InChI is InChI=1S/C19H31N7O4S.C8H10N2/c20-8-4-17(27)25-15-2-1-3-16(12-15)31(29,30)24-13-18(28)26-10-6-14(7-11-26)5-9-23-19(21)22;1-6-3-2-4-7(5-6)8(9)10/h1-3,12,14,24H,4-11,13,20H2,(H,25,27)(H4,21,22,23);2-5H,1H3,(H3,9,10). The predicted octanol–water partition coefficient (Wildman–Crippen LogP) is 0.433.